The second kappa shape index (κ2) is 6.67. The van der Waals surface area contributed by atoms with Crippen LogP contribution in [0.4, 0.5) is 0 Å². The third-order valence-corrected chi connectivity index (χ3v) is 2.41. The van der Waals surface area contributed by atoms with Crippen LogP contribution in [0.3, 0.4) is 0 Å². The number of nitrogens with one attached hydrogen (secondary N) is 1. The van der Waals surface area contributed by atoms with Crippen molar-refractivity contribution >= 4 is 5.91 Å². The van der Waals surface area contributed by atoms with Gasteiger partial charge in [0.05, 0.1) is 6.54 Å². The Kier molecular flexibility index (Phi) is 5.22. The van der Waals surface area contributed by atoms with Crippen LogP contribution >= 0.6 is 0 Å². The number of hydrogen-bond acceptors (Lipinski definition) is 3. The van der Waals surface area contributed by atoms with E-state index in [2.05, 4.69) is 11.2 Å². The van der Waals surface area contributed by atoms with E-state index in [4.69, 9.17) is 16.9 Å². The molecule has 0 aliphatic heterocycles. The highest BCUT2D eigenvalue weighted by Crippen LogP contribution is 2.24. The van der Waals surface area contributed by atoms with Crippen LogP contribution < -0.4 is 15.8 Å². The van der Waals surface area contributed by atoms with E-state index in [0.717, 1.165) is 11.1 Å². The van der Waals surface area contributed by atoms with Gasteiger partial charge in [0.2, 0.25) is 0 Å². The van der Waals surface area contributed by atoms with E-state index in [1.165, 1.54) is 0 Å². The van der Waals surface area contributed by atoms with Gasteiger partial charge in [0, 0.05) is 11.6 Å². The summed E-state index contributed by atoms with van der Waals surface area (Å²) in [5, 5.41) is 2.53. The lowest BCUT2D eigenvalue weighted by atomic mass is 10.1. The molecule has 1 rings (SSSR count). The van der Waals surface area contributed by atoms with E-state index < -0.39 is 0 Å². The van der Waals surface area contributed by atoms with Crippen LogP contribution in [0.5, 0.6) is 5.75 Å². The van der Waals surface area contributed by atoms with Gasteiger partial charge in [-0.2, -0.15) is 0 Å². The predicted molar refractivity (Wildman–Crippen MR) is 71.1 cm³/mol. The van der Waals surface area contributed by atoms with E-state index in [-0.39, 0.29) is 25.1 Å². The molecule has 0 aliphatic rings. The van der Waals surface area contributed by atoms with Gasteiger partial charge in [0.25, 0.3) is 5.91 Å². The smallest absolute Gasteiger partial charge is 0.258 e. The molecular formula is C14H18N2O2. The molecule has 1 aromatic rings. The van der Waals surface area contributed by atoms with E-state index in [1.807, 2.05) is 32.0 Å². The quantitative estimate of drug-likeness (QED) is 0.766. The van der Waals surface area contributed by atoms with Crippen LogP contribution in [-0.2, 0) is 4.79 Å². The molecule has 3 N–H and O–H groups in total. The fourth-order valence-electron chi connectivity index (χ4n) is 1.49. The average Bonchev–Trinajstić information content (AvgIpc) is 2.33. The van der Waals surface area contributed by atoms with Gasteiger partial charge in [-0.3, -0.25) is 4.79 Å². The van der Waals surface area contributed by atoms with Crippen molar-refractivity contribution in [3.8, 4) is 18.1 Å². The molecule has 1 amide bonds. The summed E-state index contributed by atoms with van der Waals surface area (Å²) in [6, 6.07) is 5.60. The molecule has 0 saturated heterocycles. The Hall–Kier alpha value is -1.99. The number of carbonyl (C=O) groups is 1. The van der Waals surface area contributed by atoms with Crippen molar-refractivity contribution in [1.82, 2.24) is 5.32 Å². The van der Waals surface area contributed by atoms with Gasteiger partial charge in [0.15, 0.2) is 6.61 Å². The molecule has 0 spiro atoms. The van der Waals surface area contributed by atoms with E-state index >= 15 is 0 Å². The predicted octanol–water partition coefficient (Wildman–Crippen LogP) is 1.14. The first-order valence-electron chi connectivity index (χ1n) is 5.73. The van der Waals surface area contributed by atoms with Crippen molar-refractivity contribution in [3.05, 3.63) is 29.3 Å². The Balaban J connectivity index is 2.69. The Morgan fingerprint density at radius 3 is 2.94 bits per heavy atom. The largest absolute Gasteiger partial charge is 0.483 e. The number of ether oxygens (including phenoxy) is 1. The third-order valence-electron chi connectivity index (χ3n) is 2.41. The summed E-state index contributed by atoms with van der Waals surface area (Å²) in [6.07, 6.45) is 5.05. The first-order valence-corrected chi connectivity index (χ1v) is 5.73. The molecule has 0 radical (unpaired) electrons. The second-order valence-electron chi connectivity index (χ2n) is 4.10. The Labute approximate surface area is 108 Å². The van der Waals surface area contributed by atoms with Gasteiger partial charge in [-0.1, -0.05) is 18.1 Å². The number of nitrogens with two attached hydrogens (primary N) is 1. The number of rotatable bonds is 5. The standard InChI is InChI=1S/C14H18N2O2/c1-4-7-16-14(17)9-18-13-8-10(2)5-6-12(13)11(3)15/h1,5-6,8,11H,7,9,15H2,2-3H3,(H,16,17)/t11-/m0/s1. The molecule has 1 aromatic carbocycles. The molecule has 0 saturated carbocycles. The summed E-state index contributed by atoms with van der Waals surface area (Å²) in [7, 11) is 0. The van der Waals surface area contributed by atoms with Crippen LogP contribution in [0.1, 0.15) is 24.1 Å². The van der Waals surface area contributed by atoms with Gasteiger partial charge in [-0.05, 0) is 25.5 Å². The topological polar surface area (TPSA) is 64.3 Å². The lowest BCUT2D eigenvalue weighted by Gasteiger charge is -2.14. The number of carbonyl (C=O) groups excluding carboxylic acids is 1. The lowest BCUT2D eigenvalue weighted by molar-refractivity contribution is -0.122. The van der Waals surface area contributed by atoms with Gasteiger partial charge >= 0.3 is 0 Å². The van der Waals surface area contributed by atoms with Crippen molar-refractivity contribution in [3.63, 3.8) is 0 Å². The summed E-state index contributed by atoms with van der Waals surface area (Å²) in [5.74, 6) is 2.72. The minimum absolute atomic E-state index is 0.0646. The summed E-state index contributed by atoms with van der Waals surface area (Å²) in [6.45, 7) is 3.97. The average molecular weight is 246 g/mol. The fourth-order valence-corrected chi connectivity index (χ4v) is 1.49. The van der Waals surface area contributed by atoms with Crippen molar-refractivity contribution in [2.24, 2.45) is 5.73 Å². The maximum Gasteiger partial charge on any atom is 0.258 e. The Bertz CT molecular complexity index is 461. The Morgan fingerprint density at radius 2 is 2.33 bits per heavy atom. The van der Waals surface area contributed by atoms with E-state index in [9.17, 15) is 4.79 Å². The number of terminal acetylenes is 1. The summed E-state index contributed by atoms with van der Waals surface area (Å²) in [5.41, 5.74) is 7.78. The van der Waals surface area contributed by atoms with Crippen molar-refractivity contribution < 1.29 is 9.53 Å². The molecule has 18 heavy (non-hydrogen) atoms. The molecule has 4 nitrogen and oxygen atoms in total. The zero-order valence-corrected chi connectivity index (χ0v) is 10.7. The zero-order valence-electron chi connectivity index (χ0n) is 10.7. The monoisotopic (exact) mass is 246 g/mol. The van der Waals surface area contributed by atoms with E-state index in [1.54, 1.807) is 0 Å². The molecule has 96 valence electrons. The van der Waals surface area contributed by atoms with Gasteiger partial charge in [-0.15, -0.1) is 6.42 Å². The Morgan fingerprint density at radius 1 is 1.61 bits per heavy atom. The van der Waals surface area contributed by atoms with Crippen molar-refractivity contribution in [2.45, 2.75) is 19.9 Å². The van der Waals surface area contributed by atoms with Crippen molar-refractivity contribution in [2.75, 3.05) is 13.2 Å². The van der Waals surface area contributed by atoms with Crippen LogP contribution in [0.15, 0.2) is 18.2 Å². The van der Waals surface area contributed by atoms with Crippen molar-refractivity contribution in [1.29, 1.82) is 0 Å². The van der Waals surface area contributed by atoms with Gasteiger partial charge in [0.1, 0.15) is 5.75 Å². The molecule has 0 fully saturated rings. The summed E-state index contributed by atoms with van der Waals surface area (Å²) in [4.78, 5) is 11.4. The zero-order chi connectivity index (χ0) is 13.5. The first kappa shape index (κ1) is 14.1. The molecule has 0 aromatic heterocycles. The normalized spacial score (nSPS) is 11.4. The molecular weight excluding hydrogens is 228 g/mol. The van der Waals surface area contributed by atoms with Crippen LogP contribution in [0.2, 0.25) is 0 Å². The molecule has 0 bridgehead atoms. The minimum atomic E-state index is -0.245. The maximum atomic E-state index is 11.4. The highest BCUT2D eigenvalue weighted by Gasteiger charge is 2.10. The lowest BCUT2D eigenvalue weighted by Crippen LogP contribution is -2.29. The van der Waals surface area contributed by atoms with Gasteiger partial charge < -0.3 is 15.8 Å². The number of amides is 1. The molecule has 1 atom stereocenters. The molecule has 0 unspecified atom stereocenters. The van der Waals surface area contributed by atoms with E-state index in [0.29, 0.717) is 5.75 Å². The highest BCUT2D eigenvalue weighted by atomic mass is 16.5. The maximum absolute atomic E-state index is 11.4. The summed E-state index contributed by atoms with van der Waals surface area (Å²) >= 11 is 0. The SMILES string of the molecule is C#CCNC(=O)COc1cc(C)ccc1[C@H](C)N. The molecule has 4 heteroatoms. The fraction of sp³-hybridized carbons (Fsp3) is 0.357. The number of benzene rings is 1. The second-order valence-corrected chi connectivity index (χ2v) is 4.10. The highest BCUT2D eigenvalue weighted by molar-refractivity contribution is 5.77. The minimum Gasteiger partial charge on any atom is -0.483 e. The summed E-state index contributed by atoms with van der Waals surface area (Å²) < 4.78 is 5.48. The first-order chi connectivity index (χ1) is 8.54. The van der Waals surface area contributed by atoms with Gasteiger partial charge in [-0.25, -0.2) is 0 Å². The van der Waals surface area contributed by atoms with Crippen LogP contribution in [-0.4, -0.2) is 19.1 Å². The van der Waals surface area contributed by atoms with Crippen LogP contribution in [0, 0.1) is 19.3 Å². The number of hydrogen-bond donors (Lipinski definition) is 2. The molecule has 0 heterocycles. The third kappa shape index (κ3) is 4.11. The molecule has 0 aliphatic carbocycles. The number of aryl methyl sites for hydroxylation is 1. The van der Waals surface area contributed by atoms with Crippen LogP contribution in [0.25, 0.3) is 0 Å².